The molecule has 0 bridgehead atoms. The van der Waals surface area contributed by atoms with E-state index in [4.69, 9.17) is 0 Å². The van der Waals surface area contributed by atoms with Gasteiger partial charge in [-0.3, -0.25) is 9.59 Å². The molecule has 0 radical (unpaired) electrons. The van der Waals surface area contributed by atoms with Crippen LogP contribution >= 0.6 is 11.3 Å². The molecule has 2 aromatic rings. The molecular weight excluding hydrogens is 352 g/mol. The molecule has 4 rings (SSSR count). The molecule has 2 aliphatic rings. The molecule has 8 nitrogen and oxygen atoms in total. The highest BCUT2D eigenvalue weighted by Gasteiger charge is 2.37. The van der Waals surface area contributed by atoms with E-state index in [0.29, 0.717) is 18.8 Å². The number of rotatable bonds is 3. The lowest BCUT2D eigenvalue weighted by atomic mass is 10.1. The molecule has 138 valence electrons. The number of amides is 2. The summed E-state index contributed by atoms with van der Waals surface area (Å²) in [6.45, 7) is 4.69. The molecule has 4 heterocycles. The largest absolute Gasteiger partial charge is 0.352 e. The summed E-state index contributed by atoms with van der Waals surface area (Å²) in [7, 11) is 0. The first-order chi connectivity index (χ1) is 12.7. The number of carbonyl (C=O) groups excluding carboxylic acids is 2. The highest BCUT2D eigenvalue weighted by Crippen LogP contribution is 2.29. The highest BCUT2D eigenvalue weighted by molar-refractivity contribution is 7.10. The van der Waals surface area contributed by atoms with Gasteiger partial charge in [-0.25, -0.2) is 4.68 Å². The molecule has 2 aliphatic heterocycles. The minimum atomic E-state index is -0.598. The number of nitrogens with one attached hydrogen (secondary N) is 2. The Morgan fingerprint density at radius 1 is 1.31 bits per heavy atom. The van der Waals surface area contributed by atoms with Gasteiger partial charge in [0.25, 0.3) is 5.91 Å². The Morgan fingerprint density at radius 3 is 2.85 bits per heavy atom. The van der Waals surface area contributed by atoms with E-state index >= 15 is 0 Å². The molecule has 2 N–H and O–H groups in total. The summed E-state index contributed by atoms with van der Waals surface area (Å²) in [4.78, 5) is 28.1. The Morgan fingerprint density at radius 2 is 2.12 bits per heavy atom. The molecule has 1 unspecified atom stereocenters. The molecule has 2 aromatic heterocycles. The first-order valence-electron chi connectivity index (χ1n) is 8.91. The number of nitrogens with zero attached hydrogens (tertiary/aromatic N) is 4. The van der Waals surface area contributed by atoms with Crippen molar-refractivity contribution in [3.63, 3.8) is 0 Å². The van der Waals surface area contributed by atoms with Crippen molar-refractivity contribution in [2.75, 3.05) is 26.2 Å². The molecule has 2 fully saturated rings. The molecule has 0 saturated carbocycles. The molecule has 0 aromatic carbocycles. The predicted molar refractivity (Wildman–Crippen MR) is 97.0 cm³/mol. The van der Waals surface area contributed by atoms with Gasteiger partial charge in [-0.1, -0.05) is 11.3 Å². The first-order valence-corrected chi connectivity index (χ1v) is 9.79. The summed E-state index contributed by atoms with van der Waals surface area (Å²) >= 11 is 1.48. The molecular formula is C17H22N6O2S. The van der Waals surface area contributed by atoms with Gasteiger partial charge >= 0.3 is 0 Å². The fraction of sp³-hybridized carbons (Fsp3) is 0.529. The lowest BCUT2D eigenvalue weighted by Gasteiger charge is -2.34. The number of thiophene rings is 1. The molecule has 1 atom stereocenters. The Labute approximate surface area is 155 Å². The van der Waals surface area contributed by atoms with Gasteiger partial charge in [0.05, 0.1) is 11.7 Å². The van der Waals surface area contributed by atoms with E-state index in [0.717, 1.165) is 36.5 Å². The van der Waals surface area contributed by atoms with Crippen LogP contribution in [0.3, 0.4) is 0 Å². The molecule has 0 spiro atoms. The Hall–Kier alpha value is -2.26. The van der Waals surface area contributed by atoms with Crippen LogP contribution in [0.1, 0.15) is 46.0 Å². The minimum Gasteiger partial charge on any atom is -0.352 e. The van der Waals surface area contributed by atoms with E-state index < -0.39 is 6.04 Å². The molecule has 2 saturated heterocycles. The average Bonchev–Trinajstić information content (AvgIpc) is 3.31. The van der Waals surface area contributed by atoms with Crippen LogP contribution in [0.5, 0.6) is 0 Å². The van der Waals surface area contributed by atoms with Gasteiger partial charge in [-0.2, -0.15) is 0 Å². The highest BCUT2D eigenvalue weighted by atomic mass is 32.1. The van der Waals surface area contributed by atoms with Crippen molar-refractivity contribution in [2.24, 2.45) is 0 Å². The second kappa shape index (κ2) is 7.16. The second-order valence-corrected chi connectivity index (χ2v) is 7.64. The van der Waals surface area contributed by atoms with Crippen molar-refractivity contribution in [1.82, 2.24) is 30.5 Å². The van der Waals surface area contributed by atoms with E-state index in [1.807, 2.05) is 29.1 Å². The van der Waals surface area contributed by atoms with Crippen LogP contribution in [-0.2, 0) is 4.79 Å². The van der Waals surface area contributed by atoms with Crippen LogP contribution in [0.4, 0.5) is 0 Å². The topological polar surface area (TPSA) is 92.2 Å². The Kier molecular flexibility index (Phi) is 4.73. The Balaban J connectivity index is 1.62. The van der Waals surface area contributed by atoms with Crippen molar-refractivity contribution in [3.05, 3.63) is 33.8 Å². The fourth-order valence-electron chi connectivity index (χ4n) is 3.69. The van der Waals surface area contributed by atoms with E-state index in [9.17, 15) is 9.59 Å². The summed E-state index contributed by atoms with van der Waals surface area (Å²) in [5.74, 6) is -0.369. The second-order valence-electron chi connectivity index (χ2n) is 6.66. The third-order valence-electron chi connectivity index (χ3n) is 5.07. The van der Waals surface area contributed by atoms with Gasteiger partial charge in [-0.05, 0) is 44.3 Å². The van der Waals surface area contributed by atoms with E-state index in [1.54, 1.807) is 4.90 Å². The minimum absolute atomic E-state index is 0.143. The zero-order valence-electron chi connectivity index (χ0n) is 14.6. The van der Waals surface area contributed by atoms with E-state index in [-0.39, 0.29) is 17.9 Å². The maximum Gasteiger partial charge on any atom is 0.277 e. The quantitative estimate of drug-likeness (QED) is 0.832. The first kappa shape index (κ1) is 17.2. The van der Waals surface area contributed by atoms with Crippen molar-refractivity contribution in [3.8, 4) is 0 Å². The number of aromatic nitrogens is 3. The summed E-state index contributed by atoms with van der Waals surface area (Å²) in [5.41, 5.74) is 1.12. The third kappa shape index (κ3) is 3.01. The molecule has 0 aliphatic carbocycles. The van der Waals surface area contributed by atoms with Crippen LogP contribution < -0.4 is 10.6 Å². The molecule has 26 heavy (non-hydrogen) atoms. The monoisotopic (exact) mass is 374 g/mol. The maximum atomic E-state index is 13.2. The SMILES string of the molecule is Cc1c(C(=O)N2CCNC(=O)C2c2cccs2)nnn1C1CCNCC1. The lowest BCUT2D eigenvalue weighted by molar-refractivity contribution is -0.127. The Bertz CT molecular complexity index is 796. The van der Waals surface area contributed by atoms with Crippen LogP contribution in [0.15, 0.2) is 17.5 Å². The van der Waals surface area contributed by atoms with E-state index in [1.165, 1.54) is 11.3 Å². The zero-order valence-corrected chi connectivity index (χ0v) is 15.5. The van der Waals surface area contributed by atoms with Gasteiger partial charge in [0.2, 0.25) is 5.91 Å². The van der Waals surface area contributed by atoms with Crippen molar-refractivity contribution >= 4 is 23.2 Å². The molecule has 9 heteroatoms. The average molecular weight is 374 g/mol. The fourth-order valence-corrected chi connectivity index (χ4v) is 4.52. The number of piperazine rings is 1. The number of hydrogen-bond donors (Lipinski definition) is 2. The predicted octanol–water partition coefficient (Wildman–Crippen LogP) is 0.886. The summed E-state index contributed by atoms with van der Waals surface area (Å²) in [5, 5.41) is 16.5. The van der Waals surface area contributed by atoms with Crippen LogP contribution in [-0.4, -0.2) is 57.9 Å². The number of piperidine rings is 1. The standard InChI is InChI=1S/C17H22N6O2S/c1-11-14(20-21-23(11)12-4-6-18-7-5-12)17(25)22-9-8-19-16(24)15(22)13-3-2-10-26-13/h2-3,10,12,15,18H,4-9H2,1H3,(H,19,24). The van der Waals surface area contributed by atoms with Gasteiger partial charge < -0.3 is 15.5 Å². The van der Waals surface area contributed by atoms with Gasteiger partial charge in [0.1, 0.15) is 6.04 Å². The lowest BCUT2D eigenvalue weighted by Crippen LogP contribution is -2.52. The zero-order chi connectivity index (χ0) is 18.1. The summed E-state index contributed by atoms with van der Waals surface area (Å²) < 4.78 is 1.87. The van der Waals surface area contributed by atoms with Crippen LogP contribution in [0, 0.1) is 6.92 Å². The number of carbonyl (C=O) groups is 2. The van der Waals surface area contributed by atoms with Crippen LogP contribution in [0.25, 0.3) is 0 Å². The van der Waals surface area contributed by atoms with E-state index in [2.05, 4.69) is 20.9 Å². The smallest absolute Gasteiger partial charge is 0.277 e. The van der Waals surface area contributed by atoms with Gasteiger partial charge in [0.15, 0.2) is 5.69 Å². The summed E-state index contributed by atoms with van der Waals surface area (Å²) in [6, 6.07) is 3.45. The van der Waals surface area contributed by atoms with Gasteiger partial charge in [0, 0.05) is 18.0 Å². The normalized spacial score (nSPS) is 21.7. The van der Waals surface area contributed by atoms with Gasteiger partial charge in [-0.15, -0.1) is 16.4 Å². The van der Waals surface area contributed by atoms with Crippen molar-refractivity contribution in [2.45, 2.75) is 31.8 Å². The summed E-state index contributed by atoms with van der Waals surface area (Å²) in [6.07, 6.45) is 1.95. The number of hydrogen-bond acceptors (Lipinski definition) is 6. The van der Waals surface area contributed by atoms with Crippen LogP contribution in [0.2, 0.25) is 0 Å². The third-order valence-corrected chi connectivity index (χ3v) is 5.99. The van der Waals surface area contributed by atoms with Crippen molar-refractivity contribution in [1.29, 1.82) is 0 Å². The maximum absolute atomic E-state index is 13.2. The molecule has 2 amide bonds. The van der Waals surface area contributed by atoms with Crippen molar-refractivity contribution < 1.29 is 9.59 Å².